The average molecular weight is 577 g/mol. The van der Waals surface area contributed by atoms with Crippen LogP contribution in [0.3, 0.4) is 0 Å². The van der Waals surface area contributed by atoms with E-state index in [2.05, 4.69) is 4.98 Å². The summed E-state index contributed by atoms with van der Waals surface area (Å²) < 4.78 is 37.5. The van der Waals surface area contributed by atoms with Gasteiger partial charge in [0.25, 0.3) is 27.7 Å². The molecule has 0 aliphatic heterocycles. The van der Waals surface area contributed by atoms with Crippen LogP contribution in [-0.4, -0.2) is 79.6 Å². The molecule has 0 saturated heterocycles. The van der Waals surface area contributed by atoms with Crippen molar-refractivity contribution >= 4 is 33.7 Å². The highest BCUT2D eigenvalue weighted by Crippen LogP contribution is 2.23. The van der Waals surface area contributed by atoms with E-state index in [9.17, 15) is 27.6 Å². The first kappa shape index (κ1) is 32.2. The molecule has 1 aromatic heterocycles. The monoisotopic (exact) mass is 576 g/mol. The molecule has 3 amide bonds. The topological polar surface area (TPSA) is 166 Å². The molecular formula is C27H36N4O8S. The summed E-state index contributed by atoms with van der Waals surface area (Å²) in [7, 11) is -3.38. The van der Waals surface area contributed by atoms with Gasteiger partial charge >= 0.3 is 5.97 Å². The molecule has 1 heterocycles. The zero-order chi connectivity index (χ0) is 29.9. The van der Waals surface area contributed by atoms with E-state index in [0.717, 1.165) is 37.9 Å². The number of unbranched alkanes of at least 4 members (excludes halogenated alkanes) is 2. The molecule has 0 radical (unpaired) electrons. The van der Waals surface area contributed by atoms with Crippen LogP contribution in [0.15, 0.2) is 41.4 Å². The van der Waals surface area contributed by atoms with E-state index in [1.807, 2.05) is 13.8 Å². The molecule has 40 heavy (non-hydrogen) atoms. The first-order valence-corrected chi connectivity index (χ1v) is 14.4. The van der Waals surface area contributed by atoms with Gasteiger partial charge in [0.15, 0.2) is 11.4 Å². The summed E-state index contributed by atoms with van der Waals surface area (Å²) in [6.07, 6.45) is 4.48. The molecule has 2 aromatic rings. The highest BCUT2D eigenvalue weighted by atomic mass is 32.2. The lowest BCUT2D eigenvalue weighted by Gasteiger charge is -2.23. The number of amides is 3. The first-order chi connectivity index (χ1) is 19.0. The number of esters is 1. The number of sulfonamides is 1. The number of rotatable bonds is 15. The molecule has 2 rings (SSSR count). The van der Waals surface area contributed by atoms with E-state index >= 15 is 0 Å². The van der Waals surface area contributed by atoms with E-state index in [0.29, 0.717) is 23.0 Å². The van der Waals surface area contributed by atoms with E-state index in [1.54, 1.807) is 4.90 Å². The molecule has 0 bridgehead atoms. The smallest absolute Gasteiger partial charge is 0.326 e. The third-order valence-electron chi connectivity index (χ3n) is 5.90. The zero-order valence-electron chi connectivity index (χ0n) is 23.2. The highest BCUT2D eigenvalue weighted by molar-refractivity contribution is 7.89. The van der Waals surface area contributed by atoms with Crippen molar-refractivity contribution in [3.63, 3.8) is 0 Å². The molecule has 0 aliphatic carbocycles. The molecule has 2 N–H and O–H groups in total. The third-order valence-corrected chi connectivity index (χ3v) is 7.64. The summed E-state index contributed by atoms with van der Waals surface area (Å²) in [6.45, 7) is 5.82. The van der Waals surface area contributed by atoms with Crippen LogP contribution in [0.2, 0.25) is 0 Å². The van der Waals surface area contributed by atoms with Crippen LogP contribution in [0.5, 0.6) is 5.75 Å². The lowest BCUT2D eigenvalue weighted by molar-refractivity contribution is -0.142. The minimum atomic E-state index is -4.60. The van der Waals surface area contributed by atoms with Crippen LogP contribution in [0.4, 0.5) is 0 Å². The maximum Gasteiger partial charge on any atom is 0.326 e. The number of methoxy groups -OCH3 is 1. The van der Waals surface area contributed by atoms with Crippen LogP contribution in [-0.2, 0) is 19.6 Å². The number of hydrogen-bond donors (Lipinski definition) is 1. The summed E-state index contributed by atoms with van der Waals surface area (Å²) in [5.41, 5.74) is 5.02. The van der Waals surface area contributed by atoms with Crippen molar-refractivity contribution in [3.8, 4) is 5.75 Å². The van der Waals surface area contributed by atoms with Crippen molar-refractivity contribution in [3.05, 3.63) is 53.3 Å². The highest BCUT2D eigenvalue weighted by Gasteiger charge is 2.33. The largest absolute Gasteiger partial charge is 0.494 e. The number of pyridine rings is 1. The number of hydrogen-bond acceptors (Lipinski definition) is 9. The minimum absolute atomic E-state index is 0.0348. The van der Waals surface area contributed by atoms with E-state index in [-0.39, 0.29) is 34.4 Å². The molecule has 0 saturated carbocycles. The number of aromatic nitrogens is 1. The lowest BCUT2D eigenvalue weighted by atomic mass is 10.1. The van der Waals surface area contributed by atoms with Crippen molar-refractivity contribution in [2.45, 2.75) is 51.3 Å². The fraction of sp³-hybridized carbons (Fsp3) is 0.444. The number of carbonyl (C=O) groups is 4. The number of benzene rings is 1. The Kier molecular flexibility index (Phi) is 12.1. The Morgan fingerprint density at radius 2 is 1.52 bits per heavy atom. The normalized spacial score (nSPS) is 11.0. The molecular weight excluding hydrogens is 540 g/mol. The standard InChI is InChI=1S/C27H36N4O8S/c1-5-8-14-30(15-9-6-2)26(34)19-10-12-21(13-11-19)40(36,37)31(18-23(32)39-7-3)27(35)20-16-22(38-4)24(25(28)33)29-17-20/h10-13,16-17H,5-9,14-15,18H2,1-4H3,(H2,28,33). The molecule has 0 unspecified atom stereocenters. The molecule has 13 heteroatoms. The van der Waals surface area contributed by atoms with Gasteiger partial charge in [-0.1, -0.05) is 26.7 Å². The van der Waals surface area contributed by atoms with Crippen LogP contribution < -0.4 is 10.5 Å². The molecule has 0 spiro atoms. The van der Waals surface area contributed by atoms with E-state index < -0.39 is 34.4 Å². The van der Waals surface area contributed by atoms with Gasteiger partial charge < -0.3 is 20.1 Å². The van der Waals surface area contributed by atoms with Gasteiger partial charge in [-0.3, -0.25) is 19.2 Å². The maximum absolute atomic E-state index is 13.6. The maximum atomic E-state index is 13.6. The summed E-state index contributed by atoms with van der Waals surface area (Å²) >= 11 is 0. The van der Waals surface area contributed by atoms with Gasteiger partial charge in [0, 0.05) is 24.8 Å². The van der Waals surface area contributed by atoms with Crippen molar-refractivity contribution in [2.75, 3.05) is 33.4 Å². The fourth-order valence-corrected chi connectivity index (χ4v) is 5.06. The molecule has 218 valence electrons. The van der Waals surface area contributed by atoms with Gasteiger partial charge in [0.1, 0.15) is 6.54 Å². The van der Waals surface area contributed by atoms with E-state index in [4.69, 9.17) is 15.2 Å². The van der Waals surface area contributed by atoms with Crippen LogP contribution in [0, 0.1) is 0 Å². The number of ether oxygens (including phenoxy) is 2. The number of nitrogens with zero attached hydrogens (tertiary/aromatic N) is 3. The third kappa shape index (κ3) is 8.01. The van der Waals surface area contributed by atoms with Gasteiger partial charge in [0.05, 0.1) is 24.2 Å². The number of carbonyl (C=O) groups excluding carboxylic acids is 4. The second-order valence-electron chi connectivity index (χ2n) is 8.78. The van der Waals surface area contributed by atoms with Gasteiger partial charge in [-0.2, -0.15) is 0 Å². The predicted molar refractivity (Wildman–Crippen MR) is 146 cm³/mol. The Labute approximate surface area is 234 Å². The zero-order valence-corrected chi connectivity index (χ0v) is 24.0. The SMILES string of the molecule is CCCCN(CCCC)C(=O)c1ccc(S(=O)(=O)N(CC(=O)OCC)C(=O)c2cnc(C(N)=O)c(OC)c2)cc1. The molecule has 1 aromatic carbocycles. The van der Waals surface area contributed by atoms with Crippen LogP contribution >= 0.6 is 0 Å². The lowest BCUT2D eigenvalue weighted by Crippen LogP contribution is -2.41. The summed E-state index contributed by atoms with van der Waals surface area (Å²) in [5, 5.41) is 0. The van der Waals surface area contributed by atoms with Crippen molar-refractivity contribution in [1.82, 2.24) is 14.2 Å². The molecule has 0 atom stereocenters. The molecule has 0 aliphatic rings. The van der Waals surface area contributed by atoms with Crippen molar-refractivity contribution in [1.29, 1.82) is 0 Å². The quantitative estimate of drug-likeness (QED) is 0.314. The van der Waals surface area contributed by atoms with Gasteiger partial charge in [-0.05, 0) is 50.1 Å². The van der Waals surface area contributed by atoms with Crippen LogP contribution in [0.1, 0.15) is 77.7 Å². The number of nitrogens with two attached hydrogens (primary N) is 1. The molecule has 12 nitrogen and oxygen atoms in total. The Bertz CT molecular complexity index is 1300. The first-order valence-electron chi connectivity index (χ1n) is 13.0. The Morgan fingerprint density at radius 3 is 2.02 bits per heavy atom. The van der Waals surface area contributed by atoms with Crippen LogP contribution in [0.25, 0.3) is 0 Å². The summed E-state index contributed by atoms with van der Waals surface area (Å²) in [6, 6.07) is 6.27. The molecule has 0 fully saturated rings. The predicted octanol–water partition coefficient (Wildman–Crippen LogP) is 2.63. The second kappa shape index (κ2) is 15.0. The summed E-state index contributed by atoms with van der Waals surface area (Å²) in [5.74, 6) is -3.35. The Balaban J connectivity index is 2.46. The second-order valence-corrected chi connectivity index (χ2v) is 10.6. The van der Waals surface area contributed by atoms with E-state index in [1.165, 1.54) is 38.3 Å². The van der Waals surface area contributed by atoms with Crippen molar-refractivity contribution < 1.29 is 37.1 Å². The number of primary amides is 1. The average Bonchev–Trinajstić information content (AvgIpc) is 2.95. The fourth-order valence-electron chi connectivity index (χ4n) is 3.73. The summed E-state index contributed by atoms with van der Waals surface area (Å²) in [4.78, 5) is 55.6. The minimum Gasteiger partial charge on any atom is -0.494 e. The van der Waals surface area contributed by atoms with Crippen molar-refractivity contribution in [2.24, 2.45) is 5.73 Å². The van der Waals surface area contributed by atoms with Gasteiger partial charge in [-0.25, -0.2) is 17.7 Å². The van der Waals surface area contributed by atoms with Gasteiger partial charge in [0.2, 0.25) is 0 Å². The Hall–Kier alpha value is -4.00. The Morgan fingerprint density at radius 1 is 0.925 bits per heavy atom. The van der Waals surface area contributed by atoms with Gasteiger partial charge in [-0.15, -0.1) is 0 Å².